The van der Waals surface area contributed by atoms with E-state index in [-0.39, 0.29) is 11.7 Å². The Morgan fingerprint density at radius 3 is 2.69 bits per heavy atom. The van der Waals surface area contributed by atoms with E-state index in [4.69, 9.17) is 16.3 Å². The molecule has 0 spiro atoms. The maximum absolute atomic E-state index is 13.6. The van der Waals surface area contributed by atoms with Gasteiger partial charge in [-0.2, -0.15) is 5.10 Å². The number of halogens is 1. The molecule has 0 radical (unpaired) electrons. The normalized spacial score (nSPS) is 14.9. The number of nitrogens with zero attached hydrogens (tertiary/aromatic N) is 2. The fourth-order valence-corrected chi connectivity index (χ4v) is 4.67. The van der Waals surface area contributed by atoms with Gasteiger partial charge in [0.25, 0.3) is 5.91 Å². The fraction of sp³-hybridized carbons (Fsp3) is 0.214. The van der Waals surface area contributed by atoms with E-state index in [0.717, 1.165) is 28.9 Å². The number of aromatic nitrogens is 2. The second kappa shape index (κ2) is 9.47. The van der Waals surface area contributed by atoms with Gasteiger partial charge in [-0.25, -0.2) is 0 Å². The van der Waals surface area contributed by atoms with Gasteiger partial charge in [-0.05, 0) is 54.8 Å². The molecule has 6 nitrogen and oxygen atoms in total. The highest BCUT2D eigenvalue weighted by atomic mass is 35.5. The maximum atomic E-state index is 13.6. The Bertz CT molecular complexity index is 1380. The number of aromatic amines is 1. The third kappa shape index (κ3) is 4.37. The molecule has 35 heavy (non-hydrogen) atoms. The molecule has 4 aromatic rings. The van der Waals surface area contributed by atoms with Crippen LogP contribution in [0.15, 0.2) is 66.7 Å². The van der Waals surface area contributed by atoms with Crippen molar-refractivity contribution in [3.63, 3.8) is 0 Å². The number of amides is 1. The Balaban J connectivity index is 1.64. The van der Waals surface area contributed by atoms with Gasteiger partial charge in [0.05, 0.1) is 12.6 Å². The number of H-pyrrole nitrogens is 1. The molecule has 5 rings (SSSR count). The topological polar surface area (TPSA) is 78.5 Å². The lowest BCUT2D eigenvalue weighted by atomic mass is 9.95. The van der Waals surface area contributed by atoms with Gasteiger partial charge in [0.15, 0.2) is 0 Å². The standard InChI is InChI=1S/C28H26ClN3O3/c1-3-13-35-21-6-4-5-19(14-21)27-24-25(22-15-20(29)11-12-23(22)33)30-31-26(24)28(34)32(27)16-18-9-7-17(2)8-10-18/h4-12,14-15,27,33H,3,13,16H2,1-2H3,(H,30,31). The molecular weight excluding hydrogens is 462 g/mol. The number of aromatic hydroxyl groups is 1. The zero-order valence-corrected chi connectivity index (χ0v) is 20.3. The van der Waals surface area contributed by atoms with Crippen molar-refractivity contribution in [3.05, 3.63) is 99.7 Å². The fourth-order valence-electron chi connectivity index (χ4n) is 4.49. The molecule has 0 fully saturated rings. The summed E-state index contributed by atoms with van der Waals surface area (Å²) in [5.41, 5.74) is 5.20. The van der Waals surface area contributed by atoms with Crippen LogP contribution in [-0.2, 0) is 6.54 Å². The highest BCUT2D eigenvalue weighted by Crippen LogP contribution is 2.46. The van der Waals surface area contributed by atoms with Crippen molar-refractivity contribution in [2.45, 2.75) is 32.9 Å². The summed E-state index contributed by atoms with van der Waals surface area (Å²) in [6.45, 7) is 5.13. The Morgan fingerprint density at radius 1 is 1.11 bits per heavy atom. The van der Waals surface area contributed by atoms with E-state index in [0.29, 0.717) is 40.7 Å². The summed E-state index contributed by atoms with van der Waals surface area (Å²) < 4.78 is 5.88. The number of nitrogens with one attached hydrogen (secondary N) is 1. The number of hydrogen-bond donors (Lipinski definition) is 2. The first-order chi connectivity index (χ1) is 17.0. The molecule has 0 saturated carbocycles. The molecule has 0 bridgehead atoms. The van der Waals surface area contributed by atoms with E-state index in [1.165, 1.54) is 6.07 Å². The second-order valence-corrected chi connectivity index (χ2v) is 9.20. The van der Waals surface area contributed by atoms with Gasteiger partial charge in [-0.3, -0.25) is 9.89 Å². The van der Waals surface area contributed by atoms with Crippen molar-refractivity contribution < 1.29 is 14.6 Å². The molecular formula is C28H26ClN3O3. The van der Waals surface area contributed by atoms with E-state index in [1.807, 2.05) is 60.4 Å². The van der Waals surface area contributed by atoms with Crippen LogP contribution < -0.4 is 4.74 Å². The molecule has 1 amide bonds. The summed E-state index contributed by atoms with van der Waals surface area (Å²) in [5.74, 6) is 0.647. The first kappa shape index (κ1) is 23.0. The highest BCUT2D eigenvalue weighted by molar-refractivity contribution is 6.31. The number of carbonyl (C=O) groups excluding carboxylic acids is 1. The summed E-state index contributed by atoms with van der Waals surface area (Å²) in [4.78, 5) is 15.5. The molecule has 1 aliphatic heterocycles. The Morgan fingerprint density at radius 2 is 1.91 bits per heavy atom. The van der Waals surface area contributed by atoms with Crippen LogP contribution in [0.2, 0.25) is 5.02 Å². The number of phenolic OH excluding ortho intramolecular Hbond substituents is 1. The Hall–Kier alpha value is -3.77. The number of benzene rings is 3. The SMILES string of the molecule is CCCOc1cccc(C2c3c(-c4cc(Cl)ccc4O)n[nH]c3C(=O)N2Cc2ccc(C)cc2)c1. The zero-order chi connectivity index (χ0) is 24.5. The van der Waals surface area contributed by atoms with Gasteiger partial charge >= 0.3 is 0 Å². The van der Waals surface area contributed by atoms with Crippen LogP contribution in [0.25, 0.3) is 11.3 Å². The van der Waals surface area contributed by atoms with Crippen LogP contribution in [0, 0.1) is 6.92 Å². The highest BCUT2D eigenvalue weighted by Gasteiger charge is 2.42. The molecule has 1 unspecified atom stereocenters. The number of rotatable bonds is 7. The summed E-state index contributed by atoms with van der Waals surface area (Å²) in [7, 11) is 0. The Kier molecular flexibility index (Phi) is 6.22. The van der Waals surface area contributed by atoms with E-state index in [9.17, 15) is 9.90 Å². The van der Waals surface area contributed by atoms with E-state index in [1.54, 1.807) is 12.1 Å². The summed E-state index contributed by atoms with van der Waals surface area (Å²) in [5, 5.41) is 18.4. The van der Waals surface area contributed by atoms with Crippen molar-refractivity contribution >= 4 is 17.5 Å². The van der Waals surface area contributed by atoms with E-state index >= 15 is 0 Å². The minimum Gasteiger partial charge on any atom is -0.507 e. The van der Waals surface area contributed by atoms with Crippen molar-refractivity contribution in [2.24, 2.45) is 0 Å². The van der Waals surface area contributed by atoms with Crippen LogP contribution in [-0.4, -0.2) is 32.7 Å². The third-order valence-corrected chi connectivity index (χ3v) is 6.43. The van der Waals surface area contributed by atoms with Gasteiger partial charge < -0.3 is 14.7 Å². The number of hydrogen-bond acceptors (Lipinski definition) is 4. The van der Waals surface area contributed by atoms with E-state index < -0.39 is 6.04 Å². The van der Waals surface area contributed by atoms with Crippen LogP contribution in [0.4, 0.5) is 0 Å². The van der Waals surface area contributed by atoms with Gasteiger partial charge in [0.1, 0.15) is 22.9 Å². The number of aryl methyl sites for hydroxylation is 1. The number of phenols is 1. The number of carbonyl (C=O) groups is 1. The minimum atomic E-state index is -0.420. The van der Waals surface area contributed by atoms with Gasteiger partial charge in [-0.15, -0.1) is 0 Å². The summed E-state index contributed by atoms with van der Waals surface area (Å²) >= 11 is 6.24. The molecule has 2 heterocycles. The van der Waals surface area contributed by atoms with Crippen LogP contribution in [0.3, 0.4) is 0 Å². The van der Waals surface area contributed by atoms with Gasteiger partial charge in [0, 0.05) is 22.7 Å². The van der Waals surface area contributed by atoms with Crippen LogP contribution >= 0.6 is 11.6 Å². The number of fused-ring (bicyclic) bond motifs is 1. The average Bonchev–Trinajstić information content (AvgIpc) is 3.40. The number of ether oxygens (including phenoxy) is 1. The summed E-state index contributed by atoms with van der Waals surface area (Å²) in [6.07, 6.45) is 0.899. The first-order valence-corrected chi connectivity index (χ1v) is 12.0. The molecule has 1 aromatic heterocycles. The predicted molar refractivity (Wildman–Crippen MR) is 136 cm³/mol. The molecule has 2 N–H and O–H groups in total. The van der Waals surface area contributed by atoms with Crippen LogP contribution in [0.1, 0.15) is 52.1 Å². The lowest BCUT2D eigenvalue weighted by Crippen LogP contribution is -2.29. The molecule has 0 saturated heterocycles. The first-order valence-electron chi connectivity index (χ1n) is 11.6. The monoisotopic (exact) mass is 487 g/mol. The molecule has 1 atom stereocenters. The Labute approximate surface area is 209 Å². The van der Waals surface area contributed by atoms with Crippen molar-refractivity contribution in [1.82, 2.24) is 15.1 Å². The predicted octanol–water partition coefficient (Wildman–Crippen LogP) is 6.28. The van der Waals surface area contributed by atoms with Gasteiger partial charge in [-0.1, -0.05) is 60.5 Å². The largest absolute Gasteiger partial charge is 0.507 e. The van der Waals surface area contributed by atoms with Crippen molar-refractivity contribution in [1.29, 1.82) is 0 Å². The molecule has 3 aromatic carbocycles. The van der Waals surface area contributed by atoms with Crippen molar-refractivity contribution in [3.8, 4) is 22.8 Å². The lowest BCUT2D eigenvalue weighted by molar-refractivity contribution is 0.0730. The average molecular weight is 488 g/mol. The van der Waals surface area contributed by atoms with Crippen LogP contribution in [0.5, 0.6) is 11.5 Å². The van der Waals surface area contributed by atoms with Gasteiger partial charge in [0.2, 0.25) is 0 Å². The van der Waals surface area contributed by atoms with Crippen molar-refractivity contribution in [2.75, 3.05) is 6.61 Å². The summed E-state index contributed by atoms with van der Waals surface area (Å²) in [6, 6.07) is 20.4. The molecule has 0 aliphatic carbocycles. The minimum absolute atomic E-state index is 0.0481. The maximum Gasteiger partial charge on any atom is 0.273 e. The molecule has 178 valence electrons. The van der Waals surface area contributed by atoms with E-state index in [2.05, 4.69) is 17.1 Å². The zero-order valence-electron chi connectivity index (χ0n) is 19.6. The molecule has 7 heteroatoms. The molecule has 1 aliphatic rings. The quantitative estimate of drug-likeness (QED) is 0.321. The second-order valence-electron chi connectivity index (χ2n) is 8.76. The third-order valence-electron chi connectivity index (χ3n) is 6.20. The smallest absolute Gasteiger partial charge is 0.273 e. The lowest BCUT2D eigenvalue weighted by Gasteiger charge is -2.27.